The molecule has 1 fully saturated rings. The third-order valence-electron chi connectivity index (χ3n) is 4.36. The highest BCUT2D eigenvalue weighted by molar-refractivity contribution is 5.29. The molecule has 1 saturated heterocycles. The van der Waals surface area contributed by atoms with Gasteiger partial charge in [0.2, 0.25) is 0 Å². The average Bonchev–Trinajstić information content (AvgIpc) is 2.40. The van der Waals surface area contributed by atoms with E-state index < -0.39 is 5.60 Å². The first-order valence-corrected chi connectivity index (χ1v) is 7.61. The van der Waals surface area contributed by atoms with Crippen LogP contribution < -0.4 is 0 Å². The normalized spacial score (nSPS) is 19.8. The van der Waals surface area contributed by atoms with Gasteiger partial charge in [0.25, 0.3) is 0 Å². The Morgan fingerprint density at radius 1 is 1.26 bits per heavy atom. The first-order valence-electron chi connectivity index (χ1n) is 7.61. The zero-order valence-electron chi connectivity index (χ0n) is 12.5. The van der Waals surface area contributed by atoms with E-state index in [9.17, 15) is 5.11 Å². The zero-order valence-corrected chi connectivity index (χ0v) is 12.5. The summed E-state index contributed by atoms with van der Waals surface area (Å²) in [6, 6.07) is 9.13. The Morgan fingerprint density at radius 2 is 1.95 bits per heavy atom. The van der Waals surface area contributed by atoms with Gasteiger partial charge in [0, 0.05) is 19.1 Å². The topological polar surface area (TPSA) is 23.5 Å². The van der Waals surface area contributed by atoms with Crippen molar-refractivity contribution in [3.8, 4) is 0 Å². The molecule has 0 radical (unpaired) electrons. The standard InChI is InChI=1S/C17H27NO/c1-4-6-15-7-5-8-16(13-15)17(19)9-11-18(12-10-17)14(2)3/h5,7-8,13-14,19H,4,6,9-12H2,1-3H3. The molecule has 1 heterocycles. The lowest BCUT2D eigenvalue weighted by molar-refractivity contribution is -0.0324. The summed E-state index contributed by atoms with van der Waals surface area (Å²) in [5.41, 5.74) is 1.84. The summed E-state index contributed by atoms with van der Waals surface area (Å²) in [6.07, 6.45) is 3.95. The second kappa shape index (κ2) is 6.06. The largest absolute Gasteiger partial charge is 0.385 e. The number of likely N-dealkylation sites (tertiary alicyclic amines) is 1. The smallest absolute Gasteiger partial charge is 0.0921 e. The number of hydrogen-bond acceptors (Lipinski definition) is 2. The highest BCUT2D eigenvalue weighted by Gasteiger charge is 2.34. The molecule has 0 atom stereocenters. The number of nitrogens with zero attached hydrogens (tertiary/aromatic N) is 1. The van der Waals surface area contributed by atoms with Crippen LogP contribution in [0.4, 0.5) is 0 Å². The van der Waals surface area contributed by atoms with Gasteiger partial charge in [-0.3, -0.25) is 0 Å². The molecule has 2 nitrogen and oxygen atoms in total. The third-order valence-corrected chi connectivity index (χ3v) is 4.36. The van der Waals surface area contributed by atoms with Crippen molar-refractivity contribution in [3.63, 3.8) is 0 Å². The van der Waals surface area contributed by atoms with E-state index in [2.05, 4.69) is 49.9 Å². The highest BCUT2D eigenvalue weighted by Crippen LogP contribution is 2.33. The molecule has 1 aliphatic heterocycles. The molecule has 0 aromatic heterocycles. The van der Waals surface area contributed by atoms with Crippen molar-refractivity contribution in [2.24, 2.45) is 0 Å². The van der Waals surface area contributed by atoms with Gasteiger partial charge < -0.3 is 10.0 Å². The maximum Gasteiger partial charge on any atom is 0.0921 e. The van der Waals surface area contributed by atoms with Crippen molar-refractivity contribution in [1.29, 1.82) is 0 Å². The number of aryl methyl sites for hydroxylation is 1. The Kier molecular flexibility index (Phi) is 4.64. The second-order valence-corrected chi connectivity index (χ2v) is 6.11. The number of benzene rings is 1. The monoisotopic (exact) mass is 261 g/mol. The fraction of sp³-hybridized carbons (Fsp3) is 0.647. The summed E-state index contributed by atoms with van der Waals surface area (Å²) in [7, 11) is 0. The van der Waals surface area contributed by atoms with Crippen LogP contribution in [0.3, 0.4) is 0 Å². The van der Waals surface area contributed by atoms with Crippen molar-refractivity contribution in [3.05, 3.63) is 35.4 Å². The van der Waals surface area contributed by atoms with Gasteiger partial charge in [-0.2, -0.15) is 0 Å². The van der Waals surface area contributed by atoms with Gasteiger partial charge in [0.15, 0.2) is 0 Å². The summed E-state index contributed by atoms with van der Waals surface area (Å²) in [5.74, 6) is 0. The predicted octanol–water partition coefficient (Wildman–Crippen LogP) is 3.33. The van der Waals surface area contributed by atoms with E-state index in [0.29, 0.717) is 6.04 Å². The minimum atomic E-state index is -0.616. The molecule has 1 aromatic carbocycles. The van der Waals surface area contributed by atoms with Crippen LogP contribution in [0.15, 0.2) is 24.3 Å². The lowest BCUT2D eigenvalue weighted by Gasteiger charge is -2.40. The van der Waals surface area contributed by atoms with Crippen LogP contribution in [0.5, 0.6) is 0 Å². The molecule has 0 aliphatic carbocycles. The molecular weight excluding hydrogens is 234 g/mol. The summed E-state index contributed by atoms with van der Waals surface area (Å²) in [4.78, 5) is 2.45. The van der Waals surface area contributed by atoms with Crippen LogP contribution in [-0.4, -0.2) is 29.1 Å². The summed E-state index contributed by atoms with van der Waals surface area (Å²) in [6.45, 7) is 8.64. The maximum absolute atomic E-state index is 10.9. The quantitative estimate of drug-likeness (QED) is 0.898. The zero-order chi connectivity index (χ0) is 13.9. The van der Waals surface area contributed by atoms with Gasteiger partial charge in [-0.25, -0.2) is 0 Å². The highest BCUT2D eigenvalue weighted by atomic mass is 16.3. The van der Waals surface area contributed by atoms with Crippen LogP contribution in [0.25, 0.3) is 0 Å². The molecule has 0 spiro atoms. The van der Waals surface area contributed by atoms with Crippen molar-refractivity contribution < 1.29 is 5.11 Å². The van der Waals surface area contributed by atoms with Gasteiger partial charge in [-0.05, 0) is 44.2 Å². The lowest BCUT2D eigenvalue weighted by Crippen LogP contribution is -2.45. The lowest BCUT2D eigenvalue weighted by atomic mass is 9.83. The Hall–Kier alpha value is -0.860. The Morgan fingerprint density at radius 3 is 2.53 bits per heavy atom. The van der Waals surface area contributed by atoms with E-state index in [4.69, 9.17) is 0 Å². The molecule has 106 valence electrons. The number of rotatable bonds is 4. The van der Waals surface area contributed by atoms with Gasteiger partial charge in [0.05, 0.1) is 5.60 Å². The minimum absolute atomic E-state index is 0.580. The van der Waals surface area contributed by atoms with E-state index in [1.54, 1.807) is 0 Å². The van der Waals surface area contributed by atoms with E-state index in [-0.39, 0.29) is 0 Å². The van der Waals surface area contributed by atoms with Crippen molar-refractivity contribution in [2.45, 2.75) is 58.1 Å². The second-order valence-electron chi connectivity index (χ2n) is 6.11. The molecule has 0 amide bonds. The summed E-state index contributed by atoms with van der Waals surface area (Å²) in [5, 5.41) is 10.9. The predicted molar refractivity (Wildman–Crippen MR) is 80.3 cm³/mol. The van der Waals surface area contributed by atoms with Gasteiger partial charge in [0.1, 0.15) is 0 Å². The molecule has 1 N–H and O–H groups in total. The van der Waals surface area contributed by atoms with Crippen LogP contribution in [0.1, 0.15) is 51.2 Å². The molecule has 2 rings (SSSR count). The molecule has 0 unspecified atom stereocenters. The first kappa shape index (κ1) is 14.5. The van der Waals surface area contributed by atoms with Crippen LogP contribution in [0, 0.1) is 0 Å². The first-order chi connectivity index (χ1) is 9.05. The van der Waals surface area contributed by atoms with E-state index >= 15 is 0 Å². The molecule has 0 bridgehead atoms. The summed E-state index contributed by atoms with van der Waals surface area (Å²) < 4.78 is 0. The maximum atomic E-state index is 10.9. The molecule has 19 heavy (non-hydrogen) atoms. The van der Waals surface area contributed by atoms with E-state index in [1.165, 1.54) is 5.56 Å². The van der Waals surface area contributed by atoms with Gasteiger partial charge in [-0.15, -0.1) is 0 Å². The molecule has 0 saturated carbocycles. The Balaban J connectivity index is 2.10. The number of aliphatic hydroxyl groups is 1. The van der Waals surface area contributed by atoms with Crippen molar-refractivity contribution >= 4 is 0 Å². The fourth-order valence-corrected chi connectivity index (χ4v) is 3.00. The SMILES string of the molecule is CCCc1cccc(C2(O)CCN(C(C)C)CC2)c1. The number of hydrogen-bond donors (Lipinski definition) is 1. The van der Waals surface area contributed by atoms with Crippen LogP contribution in [0.2, 0.25) is 0 Å². The third kappa shape index (κ3) is 3.37. The Labute approximate surface area is 117 Å². The number of piperidine rings is 1. The van der Waals surface area contributed by atoms with Crippen molar-refractivity contribution in [1.82, 2.24) is 4.90 Å². The van der Waals surface area contributed by atoms with E-state index in [0.717, 1.165) is 44.3 Å². The fourth-order valence-electron chi connectivity index (χ4n) is 3.00. The van der Waals surface area contributed by atoms with Gasteiger partial charge in [-0.1, -0.05) is 37.6 Å². The van der Waals surface area contributed by atoms with Crippen LogP contribution >= 0.6 is 0 Å². The van der Waals surface area contributed by atoms with Crippen LogP contribution in [-0.2, 0) is 12.0 Å². The summed E-state index contributed by atoms with van der Waals surface area (Å²) >= 11 is 0. The van der Waals surface area contributed by atoms with Crippen molar-refractivity contribution in [2.75, 3.05) is 13.1 Å². The molecule has 2 heteroatoms. The molecule has 1 aromatic rings. The molecular formula is C17H27NO. The van der Waals surface area contributed by atoms with Gasteiger partial charge >= 0.3 is 0 Å². The molecule has 1 aliphatic rings. The average molecular weight is 261 g/mol. The minimum Gasteiger partial charge on any atom is -0.385 e. The van der Waals surface area contributed by atoms with E-state index in [1.807, 2.05) is 0 Å². The Bertz CT molecular complexity index is 405.